The molecular weight excluding hydrogens is 461 g/mol. The molecular formula is C27H30FN5O3. The number of nitrogens with one attached hydrogen (secondary N) is 1. The molecule has 1 saturated carbocycles. The van der Waals surface area contributed by atoms with Gasteiger partial charge >= 0.3 is 0 Å². The Balaban J connectivity index is 1.33. The number of aliphatic hydroxyl groups excluding tert-OH is 1. The van der Waals surface area contributed by atoms with Gasteiger partial charge in [0.15, 0.2) is 0 Å². The van der Waals surface area contributed by atoms with Crippen LogP contribution < -0.4 is 10.2 Å². The number of rotatable bonds is 7. The lowest BCUT2D eigenvalue weighted by Crippen LogP contribution is -2.34. The number of benzene rings is 1. The molecule has 1 aromatic carbocycles. The lowest BCUT2D eigenvalue weighted by Gasteiger charge is -2.23. The first kappa shape index (κ1) is 24.1. The summed E-state index contributed by atoms with van der Waals surface area (Å²) in [7, 11) is 1.72. The van der Waals surface area contributed by atoms with Crippen molar-refractivity contribution in [3.05, 3.63) is 59.3 Å². The fourth-order valence-corrected chi connectivity index (χ4v) is 5.25. The van der Waals surface area contributed by atoms with Crippen molar-refractivity contribution < 1.29 is 19.1 Å². The Morgan fingerprint density at radius 1 is 1.25 bits per heavy atom. The van der Waals surface area contributed by atoms with Gasteiger partial charge in [0.2, 0.25) is 11.8 Å². The Labute approximate surface area is 209 Å². The maximum atomic E-state index is 14.4. The minimum absolute atomic E-state index is 0.0627. The van der Waals surface area contributed by atoms with E-state index in [-0.39, 0.29) is 30.3 Å². The van der Waals surface area contributed by atoms with Gasteiger partial charge in [-0.3, -0.25) is 14.3 Å². The first-order chi connectivity index (χ1) is 17.2. The third-order valence-corrected chi connectivity index (χ3v) is 7.27. The van der Waals surface area contributed by atoms with Gasteiger partial charge in [0.1, 0.15) is 11.6 Å². The summed E-state index contributed by atoms with van der Waals surface area (Å²) < 4.78 is 16.0. The van der Waals surface area contributed by atoms with Crippen LogP contribution in [0.15, 0.2) is 36.5 Å². The van der Waals surface area contributed by atoms with Gasteiger partial charge in [-0.05, 0) is 61.4 Å². The lowest BCUT2D eigenvalue weighted by atomic mass is 9.83. The second-order valence-corrected chi connectivity index (χ2v) is 10.1. The first-order valence-electron chi connectivity index (χ1n) is 12.2. The molecule has 2 fully saturated rings. The molecule has 8 nitrogen and oxygen atoms in total. The number of carbonyl (C=O) groups is 2. The monoisotopic (exact) mass is 491 g/mol. The average molecular weight is 492 g/mol. The maximum absolute atomic E-state index is 14.4. The van der Waals surface area contributed by atoms with Crippen LogP contribution in [0.5, 0.6) is 0 Å². The topological polar surface area (TPSA) is 100 Å². The number of nitrogens with zero attached hydrogens (tertiary/aromatic N) is 4. The molecule has 3 aromatic rings. The highest BCUT2D eigenvalue weighted by atomic mass is 19.1. The third-order valence-electron chi connectivity index (χ3n) is 7.27. The number of amides is 2. The predicted octanol–water partition coefficient (Wildman–Crippen LogP) is 3.76. The standard InChI is InChI=1S/C27H30FN5O3/c1-16-8-21(33-7-6-27(2,26(33)36)19-4-5-19)13-24(29-16)30-25(35)11-17-9-18(12-20(28)10-17)22-14-32(3)31-23(22)15-34/h8-10,12-14,19,34H,4-7,11,15H2,1-3H3,(H,29,30,35)/t27-/m0/s1. The zero-order chi connectivity index (χ0) is 25.6. The molecule has 2 aliphatic rings. The first-order valence-corrected chi connectivity index (χ1v) is 12.2. The van der Waals surface area contributed by atoms with Crippen LogP contribution in [0.2, 0.25) is 0 Å². The van der Waals surface area contributed by atoms with E-state index in [1.807, 2.05) is 13.0 Å². The predicted molar refractivity (Wildman–Crippen MR) is 134 cm³/mol. The number of aryl methyl sites for hydroxylation is 2. The summed E-state index contributed by atoms with van der Waals surface area (Å²) in [4.78, 5) is 32.3. The minimum Gasteiger partial charge on any atom is -0.390 e. The fraction of sp³-hybridized carbons (Fsp3) is 0.407. The molecule has 0 radical (unpaired) electrons. The van der Waals surface area contributed by atoms with E-state index >= 15 is 0 Å². The molecule has 0 unspecified atom stereocenters. The van der Waals surface area contributed by atoms with Gasteiger partial charge in [-0.1, -0.05) is 13.0 Å². The summed E-state index contributed by atoms with van der Waals surface area (Å²) in [5.74, 6) is 0.130. The molecule has 0 spiro atoms. The van der Waals surface area contributed by atoms with Crippen LogP contribution >= 0.6 is 0 Å². The van der Waals surface area contributed by atoms with Gasteiger partial charge in [-0.2, -0.15) is 5.10 Å². The second-order valence-electron chi connectivity index (χ2n) is 10.1. The molecule has 1 aliphatic heterocycles. The van der Waals surface area contributed by atoms with E-state index in [4.69, 9.17) is 0 Å². The smallest absolute Gasteiger partial charge is 0.233 e. The molecule has 2 N–H and O–H groups in total. The molecule has 5 rings (SSSR count). The molecule has 2 amide bonds. The van der Waals surface area contributed by atoms with Crippen molar-refractivity contribution in [2.45, 2.75) is 46.1 Å². The van der Waals surface area contributed by atoms with Crippen molar-refractivity contribution in [2.75, 3.05) is 16.8 Å². The fourth-order valence-electron chi connectivity index (χ4n) is 5.25. The van der Waals surface area contributed by atoms with Crippen molar-refractivity contribution in [1.29, 1.82) is 0 Å². The normalized spacial score (nSPS) is 19.7. The Morgan fingerprint density at radius 3 is 2.75 bits per heavy atom. The molecule has 1 aliphatic carbocycles. The quantitative estimate of drug-likeness (QED) is 0.524. The van der Waals surface area contributed by atoms with Gasteiger partial charge in [-0.25, -0.2) is 9.37 Å². The van der Waals surface area contributed by atoms with E-state index < -0.39 is 5.82 Å². The molecule has 1 atom stereocenters. The van der Waals surface area contributed by atoms with Gasteiger partial charge in [0.25, 0.3) is 0 Å². The Kier molecular flexibility index (Phi) is 6.12. The third kappa shape index (κ3) is 4.63. The van der Waals surface area contributed by atoms with E-state index in [1.54, 1.807) is 35.0 Å². The molecule has 3 heterocycles. The van der Waals surface area contributed by atoms with Gasteiger partial charge in [0.05, 0.1) is 24.1 Å². The second kappa shape index (κ2) is 9.13. The highest BCUT2D eigenvalue weighted by Crippen LogP contribution is 2.52. The number of halogens is 1. The van der Waals surface area contributed by atoms with Gasteiger partial charge in [0, 0.05) is 42.8 Å². The molecule has 36 heavy (non-hydrogen) atoms. The molecule has 1 saturated heterocycles. The summed E-state index contributed by atoms with van der Waals surface area (Å²) in [6, 6.07) is 7.97. The lowest BCUT2D eigenvalue weighted by molar-refractivity contribution is -0.125. The van der Waals surface area contributed by atoms with E-state index in [0.29, 0.717) is 46.4 Å². The molecule has 9 heteroatoms. The highest BCUT2D eigenvalue weighted by Gasteiger charge is 2.52. The summed E-state index contributed by atoms with van der Waals surface area (Å²) in [5, 5.41) is 16.6. The van der Waals surface area contributed by atoms with Crippen LogP contribution in [0, 0.1) is 24.1 Å². The molecule has 0 bridgehead atoms. The van der Waals surface area contributed by atoms with Crippen LogP contribution in [0.3, 0.4) is 0 Å². The van der Waals surface area contributed by atoms with Crippen molar-refractivity contribution in [2.24, 2.45) is 18.4 Å². The van der Waals surface area contributed by atoms with Crippen molar-refractivity contribution in [3.8, 4) is 11.1 Å². The van der Waals surface area contributed by atoms with E-state index in [0.717, 1.165) is 24.9 Å². The summed E-state index contributed by atoms with van der Waals surface area (Å²) >= 11 is 0. The van der Waals surface area contributed by atoms with Crippen LogP contribution in [0.4, 0.5) is 15.9 Å². The number of hydrogen-bond donors (Lipinski definition) is 2. The summed E-state index contributed by atoms with van der Waals surface area (Å²) in [6.45, 7) is 4.26. The van der Waals surface area contributed by atoms with Crippen molar-refractivity contribution >= 4 is 23.3 Å². The maximum Gasteiger partial charge on any atom is 0.233 e. The Bertz CT molecular complexity index is 1350. The summed E-state index contributed by atoms with van der Waals surface area (Å²) in [5.41, 5.74) is 3.18. The minimum atomic E-state index is -0.481. The molecule has 188 valence electrons. The van der Waals surface area contributed by atoms with E-state index in [9.17, 15) is 19.1 Å². The average Bonchev–Trinajstić information content (AvgIpc) is 3.53. The highest BCUT2D eigenvalue weighted by molar-refractivity contribution is 6.01. The van der Waals surface area contributed by atoms with E-state index in [2.05, 4.69) is 22.3 Å². The zero-order valence-electron chi connectivity index (χ0n) is 20.7. The Morgan fingerprint density at radius 2 is 2.03 bits per heavy atom. The van der Waals surface area contributed by atoms with Crippen molar-refractivity contribution in [3.63, 3.8) is 0 Å². The Hall–Kier alpha value is -3.59. The SMILES string of the molecule is Cc1cc(N2CC[C@@](C)(C3CC3)C2=O)cc(NC(=O)Cc2cc(F)cc(-c3cn(C)nc3CO)c2)n1. The van der Waals surface area contributed by atoms with Crippen LogP contribution in [-0.2, 0) is 29.7 Å². The number of pyridine rings is 1. The number of aromatic nitrogens is 3. The molecule has 2 aromatic heterocycles. The van der Waals surface area contributed by atoms with Crippen LogP contribution in [0.25, 0.3) is 11.1 Å². The number of anilines is 2. The number of hydrogen-bond acceptors (Lipinski definition) is 5. The van der Waals surface area contributed by atoms with Gasteiger partial charge in [-0.15, -0.1) is 0 Å². The largest absolute Gasteiger partial charge is 0.390 e. The van der Waals surface area contributed by atoms with Crippen molar-refractivity contribution in [1.82, 2.24) is 14.8 Å². The zero-order valence-corrected chi connectivity index (χ0v) is 20.7. The van der Waals surface area contributed by atoms with Crippen LogP contribution in [0.1, 0.15) is 43.1 Å². The number of aliphatic hydroxyl groups is 1. The number of carbonyl (C=O) groups excluding carboxylic acids is 2. The van der Waals surface area contributed by atoms with Gasteiger partial charge < -0.3 is 15.3 Å². The van der Waals surface area contributed by atoms with Crippen LogP contribution in [-0.4, -0.2) is 38.2 Å². The summed E-state index contributed by atoms with van der Waals surface area (Å²) in [6.07, 6.45) is 4.69. The van der Waals surface area contributed by atoms with E-state index in [1.165, 1.54) is 12.1 Å².